The summed E-state index contributed by atoms with van der Waals surface area (Å²) < 4.78 is 26.0. The highest BCUT2D eigenvalue weighted by molar-refractivity contribution is 7.92. The van der Waals surface area contributed by atoms with Crippen molar-refractivity contribution >= 4 is 27.3 Å². The fraction of sp³-hybridized carbons (Fsp3) is 0.350. The van der Waals surface area contributed by atoms with Crippen LogP contribution >= 0.6 is 0 Å². The summed E-state index contributed by atoms with van der Waals surface area (Å²) in [5.41, 5.74) is 5.21. The summed E-state index contributed by atoms with van der Waals surface area (Å²) in [6.45, 7) is 9.35. The van der Waals surface area contributed by atoms with Gasteiger partial charge in [-0.05, 0) is 81.1 Å². The van der Waals surface area contributed by atoms with Gasteiger partial charge in [0.2, 0.25) is 15.9 Å². The highest BCUT2D eigenvalue weighted by atomic mass is 32.2. The van der Waals surface area contributed by atoms with Crippen molar-refractivity contribution < 1.29 is 13.2 Å². The molecule has 0 saturated heterocycles. The molecule has 6 heteroatoms. The number of rotatable bonds is 5. The minimum Gasteiger partial charge on any atom is -0.324 e. The number of hydrogen-bond donors (Lipinski definition) is 1. The van der Waals surface area contributed by atoms with E-state index in [1.165, 1.54) is 4.31 Å². The van der Waals surface area contributed by atoms with Gasteiger partial charge in [0.05, 0.1) is 11.9 Å². The maximum absolute atomic E-state index is 12.7. The molecule has 0 spiro atoms. The van der Waals surface area contributed by atoms with E-state index >= 15 is 0 Å². The van der Waals surface area contributed by atoms with Gasteiger partial charge in [0, 0.05) is 5.69 Å². The van der Waals surface area contributed by atoms with Crippen molar-refractivity contribution in [3.8, 4) is 0 Å². The summed E-state index contributed by atoms with van der Waals surface area (Å²) in [7, 11) is -3.63. The Kier molecular flexibility index (Phi) is 5.76. The van der Waals surface area contributed by atoms with Crippen molar-refractivity contribution in [2.75, 3.05) is 15.9 Å². The quantitative estimate of drug-likeness (QED) is 0.867. The Balaban J connectivity index is 2.35. The number of sulfonamides is 1. The third-order valence-electron chi connectivity index (χ3n) is 4.32. The van der Waals surface area contributed by atoms with Crippen molar-refractivity contribution in [2.45, 2.75) is 40.7 Å². The highest BCUT2D eigenvalue weighted by Gasteiger charge is 2.29. The molecule has 1 atom stereocenters. The Labute approximate surface area is 156 Å². The van der Waals surface area contributed by atoms with E-state index in [1.807, 2.05) is 52.0 Å². The summed E-state index contributed by atoms with van der Waals surface area (Å²) in [6, 6.07) is 10.2. The van der Waals surface area contributed by atoms with Crippen LogP contribution < -0.4 is 9.62 Å². The average molecular weight is 375 g/mol. The molecule has 1 unspecified atom stereocenters. The smallest absolute Gasteiger partial charge is 0.247 e. The van der Waals surface area contributed by atoms with Crippen LogP contribution in [0.3, 0.4) is 0 Å². The molecular formula is C20H26N2O3S. The van der Waals surface area contributed by atoms with Crippen LogP contribution in [0.25, 0.3) is 0 Å². The predicted octanol–water partition coefficient (Wildman–Crippen LogP) is 3.71. The minimum atomic E-state index is -3.63. The molecule has 0 aliphatic rings. The van der Waals surface area contributed by atoms with Crippen molar-refractivity contribution in [3.05, 3.63) is 58.7 Å². The van der Waals surface area contributed by atoms with Crippen LogP contribution in [0.2, 0.25) is 0 Å². The number of aryl methyl sites for hydroxylation is 4. The molecule has 5 nitrogen and oxygen atoms in total. The zero-order valence-corrected chi connectivity index (χ0v) is 16.9. The maximum Gasteiger partial charge on any atom is 0.247 e. The van der Waals surface area contributed by atoms with E-state index in [2.05, 4.69) is 5.32 Å². The normalized spacial score (nSPS) is 12.5. The molecule has 1 amide bonds. The first kappa shape index (κ1) is 20.0. The van der Waals surface area contributed by atoms with Crippen molar-refractivity contribution in [3.63, 3.8) is 0 Å². The Hall–Kier alpha value is -2.34. The summed E-state index contributed by atoms with van der Waals surface area (Å²) in [6.07, 6.45) is 1.12. The predicted molar refractivity (Wildman–Crippen MR) is 107 cm³/mol. The number of anilines is 2. The van der Waals surface area contributed by atoms with E-state index in [-0.39, 0.29) is 5.91 Å². The van der Waals surface area contributed by atoms with Gasteiger partial charge in [0.25, 0.3) is 0 Å². The summed E-state index contributed by atoms with van der Waals surface area (Å²) in [5.74, 6) is -0.377. The number of amides is 1. The lowest BCUT2D eigenvalue weighted by molar-refractivity contribution is -0.116. The van der Waals surface area contributed by atoms with Gasteiger partial charge in [0.1, 0.15) is 6.04 Å². The number of carbonyl (C=O) groups excluding carboxylic acids is 1. The molecule has 0 aliphatic heterocycles. The minimum absolute atomic E-state index is 0.377. The molecular weight excluding hydrogens is 348 g/mol. The lowest BCUT2D eigenvalue weighted by atomic mass is 10.1. The number of nitrogens with zero attached hydrogens (tertiary/aromatic N) is 1. The lowest BCUT2D eigenvalue weighted by Crippen LogP contribution is -2.45. The molecule has 140 valence electrons. The molecule has 0 aromatic heterocycles. The van der Waals surface area contributed by atoms with Crippen LogP contribution in [0, 0.1) is 27.7 Å². The van der Waals surface area contributed by atoms with E-state index in [1.54, 1.807) is 19.1 Å². The Morgan fingerprint density at radius 3 is 2.04 bits per heavy atom. The maximum atomic E-state index is 12.7. The largest absolute Gasteiger partial charge is 0.324 e. The second-order valence-corrected chi connectivity index (χ2v) is 8.73. The molecule has 0 bridgehead atoms. The van der Waals surface area contributed by atoms with Crippen LogP contribution in [0.1, 0.15) is 29.2 Å². The van der Waals surface area contributed by atoms with E-state index in [0.717, 1.165) is 28.5 Å². The molecule has 0 saturated carbocycles. The first-order chi connectivity index (χ1) is 12.0. The van der Waals surface area contributed by atoms with Gasteiger partial charge in [-0.3, -0.25) is 9.10 Å². The Bertz CT molecular complexity index is 916. The molecule has 2 rings (SSSR count). The molecule has 0 heterocycles. The zero-order valence-electron chi connectivity index (χ0n) is 16.1. The van der Waals surface area contributed by atoms with Gasteiger partial charge in [0.15, 0.2) is 0 Å². The van der Waals surface area contributed by atoms with Gasteiger partial charge >= 0.3 is 0 Å². The Morgan fingerprint density at radius 2 is 1.54 bits per heavy atom. The third-order valence-corrected chi connectivity index (χ3v) is 5.57. The highest BCUT2D eigenvalue weighted by Crippen LogP contribution is 2.24. The van der Waals surface area contributed by atoms with E-state index in [9.17, 15) is 13.2 Å². The molecule has 0 aliphatic carbocycles. The standard InChI is InChI=1S/C20H26N2O3S/c1-13-9-14(2)11-19(10-13)22(26(6,24)25)17(5)20(23)21-18-8-7-15(3)16(4)12-18/h7-12,17H,1-6H3,(H,21,23). The lowest BCUT2D eigenvalue weighted by Gasteiger charge is -2.29. The van der Waals surface area contributed by atoms with Crippen molar-refractivity contribution in [2.24, 2.45) is 0 Å². The molecule has 2 aromatic rings. The number of carbonyl (C=O) groups is 1. The fourth-order valence-electron chi connectivity index (χ4n) is 2.95. The van der Waals surface area contributed by atoms with Gasteiger partial charge in [-0.25, -0.2) is 8.42 Å². The summed E-state index contributed by atoms with van der Waals surface area (Å²) in [4.78, 5) is 12.7. The SMILES string of the molecule is Cc1cc(C)cc(N(C(C)C(=O)Nc2ccc(C)c(C)c2)S(C)(=O)=O)c1. The topological polar surface area (TPSA) is 66.5 Å². The monoisotopic (exact) mass is 374 g/mol. The van der Waals surface area contributed by atoms with Crippen LogP contribution in [-0.4, -0.2) is 26.6 Å². The van der Waals surface area contributed by atoms with Crippen LogP contribution in [0.4, 0.5) is 11.4 Å². The van der Waals surface area contributed by atoms with Crippen molar-refractivity contribution in [1.82, 2.24) is 0 Å². The van der Waals surface area contributed by atoms with Gasteiger partial charge in [-0.15, -0.1) is 0 Å². The fourth-order valence-corrected chi connectivity index (χ4v) is 4.11. The first-order valence-corrected chi connectivity index (χ1v) is 10.3. The van der Waals surface area contributed by atoms with Crippen LogP contribution in [-0.2, 0) is 14.8 Å². The second-order valence-electron chi connectivity index (χ2n) is 6.87. The average Bonchev–Trinajstić information content (AvgIpc) is 2.48. The third kappa shape index (κ3) is 4.64. The number of hydrogen-bond acceptors (Lipinski definition) is 3. The number of nitrogens with one attached hydrogen (secondary N) is 1. The van der Waals surface area contributed by atoms with Crippen molar-refractivity contribution in [1.29, 1.82) is 0 Å². The van der Waals surface area contributed by atoms with Crippen LogP contribution in [0.5, 0.6) is 0 Å². The zero-order chi connectivity index (χ0) is 19.6. The molecule has 0 radical (unpaired) electrons. The first-order valence-electron chi connectivity index (χ1n) is 8.45. The van der Waals surface area contributed by atoms with Gasteiger partial charge in [-0.1, -0.05) is 12.1 Å². The van der Waals surface area contributed by atoms with Gasteiger partial charge < -0.3 is 5.32 Å². The summed E-state index contributed by atoms with van der Waals surface area (Å²) in [5, 5.41) is 2.82. The summed E-state index contributed by atoms with van der Waals surface area (Å²) >= 11 is 0. The van der Waals surface area contributed by atoms with E-state index < -0.39 is 16.1 Å². The van der Waals surface area contributed by atoms with Gasteiger partial charge in [-0.2, -0.15) is 0 Å². The molecule has 2 aromatic carbocycles. The molecule has 26 heavy (non-hydrogen) atoms. The van der Waals surface area contributed by atoms with E-state index in [0.29, 0.717) is 11.4 Å². The second kappa shape index (κ2) is 7.50. The molecule has 0 fully saturated rings. The molecule has 1 N–H and O–H groups in total. The number of benzene rings is 2. The van der Waals surface area contributed by atoms with Crippen LogP contribution in [0.15, 0.2) is 36.4 Å². The van der Waals surface area contributed by atoms with E-state index in [4.69, 9.17) is 0 Å². The Morgan fingerprint density at radius 1 is 0.962 bits per heavy atom.